The minimum Gasteiger partial charge on any atom is -0.394 e. The maximum atomic E-state index is 12.3. The Morgan fingerprint density at radius 2 is 1.33 bits per heavy atom. The van der Waals surface area contributed by atoms with Crippen molar-refractivity contribution < 1.29 is 49.0 Å². The third kappa shape index (κ3) is 27.2. The molecule has 0 aromatic carbocycles. The van der Waals surface area contributed by atoms with Gasteiger partial charge in [-0.2, -0.15) is 0 Å². The van der Waals surface area contributed by atoms with Gasteiger partial charge in [0.1, 0.15) is 42.2 Å². The fraction of sp³-hybridized carbons (Fsp3) is 0.818. The quantitative estimate of drug-likeness (QED) is 0.0417. The van der Waals surface area contributed by atoms with E-state index in [1.165, 1.54) is 64.2 Å². The number of nitrogens with one attached hydrogen (secondary N) is 2. The van der Waals surface area contributed by atoms with Gasteiger partial charge < -0.3 is 50.0 Å². The molecule has 1 aliphatic rings. The molecule has 5 atom stereocenters. The van der Waals surface area contributed by atoms with Crippen LogP contribution in [0.1, 0.15) is 135 Å². The zero-order chi connectivity index (χ0) is 43.3. The number of carbonyl (C=O) groups excluding carboxylic acids is 2. The molecule has 1 fully saturated rings. The molecule has 1 aromatic heterocycles. The fourth-order valence-corrected chi connectivity index (χ4v) is 7.34. The molecule has 0 unspecified atom stereocenters. The molecule has 2 amide bonds. The Bertz CT molecular complexity index is 1360. The zero-order valence-electron chi connectivity index (χ0n) is 36.2. The highest BCUT2D eigenvalue weighted by Gasteiger charge is 2.43. The molecule has 0 aliphatic carbocycles. The van der Waals surface area contributed by atoms with Crippen molar-refractivity contribution in [1.82, 2.24) is 25.6 Å². The first-order valence-corrected chi connectivity index (χ1v) is 23.4. The molecule has 1 aromatic rings. The number of ether oxygens (including phenoxy) is 4. The van der Waals surface area contributed by atoms with E-state index in [-0.39, 0.29) is 31.6 Å². The lowest BCUT2D eigenvalue weighted by Crippen LogP contribution is -2.57. The second kappa shape index (κ2) is 36.8. The second-order valence-corrected chi connectivity index (χ2v) is 16.3. The Morgan fingerprint density at radius 1 is 0.750 bits per heavy atom. The summed E-state index contributed by atoms with van der Waals surface area (Å²) in [5.74, 6) is 12.5. The fourth-order valence-electron chi connectivity index (χ4n) is 6.31. The molecule has 15 nitrogen and oxygen atoms in total. The number of unbranched alkanes of at least 4 members (excludes halogenated alkanes) is 16. The molecule has 0 radical (unpaired) electrons. The minimum absolute atomic E-state index is 0.0216. The van der Waals surface area contributed by atoms with E-state index in [0.717, 1.165) is 63.1 Å². The summed E-state index contributed by atoms with van der Waals surface area (Å²) in [6.07, 6.45) is 19.0. The summed E-state index contributed by atoms with van der Waals surface area (Å²) in [4.78, 5) is 24.2. The number of carbonyl (C=O) groups is 2. The first-order chi connectivity index (χ1) is 29.3. The van der Waals surface area contributed by atoms with E-state index in [4.69, 9.17) is 18.9 Å². The predicted octanol–water partition coefficient (Wildman–Crippen LogP) is 4.03. The Hall–Kier alpha value is -2.77. The molecule has 342 valence electrons. The van der Waals surface area contributed by atoms with Crippen molar-refractivity contribution in [1.29, 1.82) is 0 Å². The number of hydrogen-bond donors (Lipinski definition) is 6. The van der Waals surface area contributed by atoms with Crippen LogP contribution in [0.3, 0.4) is 0 Å². The normalized spacial score (nSPS) is 18.6. The van der Waals surface area contributed by atoms with E-state index in [2.05, 4.69) is 51.6 Å². The van der Waals surface area contributed by atoms with Gasteiger partial charge in [0.2, 0.25) is 11.8 Å². The number of nitrogens with zero attached hydrogens (tertiary/aromatic N) is 3. The molecule has 2 heterocycles. The molecule has 16 heteroatoms. The summed E-state index contributed by atoms with van der Waals surface area (Å²) in [5, 5.41) is 52.8. The van der Waals surface area contributed by atoms with Crippen molar-refractivity contribution in [2.75, 3.05) is 58.5 Å². The lowest BCUT2D eigenvalue weighted by molar-refractivity contribution is -0.205. The summed E-state index contributed by atoms with van der Waals surface area (Å²) in [5.41, 5.74) is -0.148. The van der Waals surface area contributed by atoms with Gasteiger partial charge in [-0.25, -0.2) is 4.68 Å². The van der Waals surface area contributed by atoms with Crippen LogP contribution >= 0.6 is 11.8 Å². The Balaban J connectivity index is 1.32. The number of amides is 2. The molecular weight excluding hydrogens is 791 g/mol. The molecule has 60 heavy (non-hydrogen) atoms. The molecular formula is C44H75N5O10S. The molecule has 0 bridgehead atoms. The average Bonchev–Trinajstić information content (AvgIpc) is 3.71. The van der Waals surface area contributed by atoms with E-state index >= 15 is 0 Å². The minimum atomic E-state index is -1.43. The van der Waals surface area contributed by atoms with Crippen LogP contribution in [0.25, 0.3) is 0 Å². The Kier molecular flexibility index (Phi) is 32.8. The van der Waals surface area contributed by atoms with Crippen molar-refractivity contribution in [2.45, 2.75) is 172 Å². The molecule has 6 N–H and O–H groups in total. The van der Waals surface area contributed by atoms with Gasteiger partial charge in [0.25, 0.3) is 0 Å². The molecule has 1 aliphatic heterocycles. The van der Waals surface area contributed by atoms with Crippen LogP contribution in [0.2, 0.25) is 0 Å². The van der Waals surface area contributed by atoms with Gasteiger partial charge >= 0.3 is 0 Å². The molecule has 2 rings (SSSR count). The SMILES string of the molecule is CCCCCCCCCCCCC#CC#CCCCCCCCCC(=O)NCc1cn(CCOCCOCCOCC(=O)NCCS[C@H]2O[C@H](CO)[C@@H](O)[C@H](O)[C@@H]2O)nn1. The summed E-state index contributed by atoms with van der Waals surface area (Å²) in [6.45, 7) is 4.47. The van der Waals surface area contributed by atoms with Crippen LogP contribution in [0, 0.1) is 23.7 Å². The number of rotatable bonds is 36. The van der Waals surface area contributed by atoms with E-state index < -0.39 is 36.5 Å². The van der Waals surface area contributed by atoms with E-state index in [1.54, 1.807) is 10.9 Å². The monoisotopic (exact) mass is 866 g/mol. The number of aliphatic hydroxyl groups is 4. The molecule has 0 spiro atoms. The van der Waals surface area contributed by atoms with E-state index in [9.17, 15) is 30.0 Å². The highest BCUT2D eigenvalue weighted by Crippen LogP contribution is 2.28. The highest BCUT2D eigenvalue weighted by molar-refractivity contribution is 7.99. The van der Waals surface area contributed by atoms with Gasteiger partial charge in [0.05, 0.1) is 58.9 Å². The van der Waals surface area contributed by atoms with E-state index in [1.807, 2.05) is 0 Å². The Labute approximate surface area is 363 Å². The largest absolute Gasteiger partial charge is 0.394 e. The van der Waals surface area contributed by atoms with Crippen molar-refractivity contribution in [3.63, 3.8) is 0 Å². The van der Waals surface area contributed by atoms with Crippen molar-refractivity contribution in [2.24, 2.45) is 0 Å². The molecule has 0 saturated carbocycles. The van der Waals surface area contributed by atoms with Crippen LogP contribution in [-0.2, 0) is 41.6 Å². The van der Waals surface area contributed by atoms with Crippen molar-refractivity contribution in [3.8, 4) is 23.7 Å². The summed E-state index contributed by atoms with van der Waals surface area (Å²) >= 11 is 1.16. The van der Waals surface area contributed by atoms with Gasteiger partial charge in [-0.15, -0.1) is 16.9 Å². The topological polar surface area (TPSA) is 207 Å². The third-order valence-corrected chi connectivity index (χ3v) is 11.1. The number of hydrogen-bond acceptors (Lipinski definition) is 13. The van der Waals surface area contributed by atoms with Crippen molar-refractivity contribution in [3.05, 3.63) is 11.9 Å². The van der Waals surface area contributed by atoms with Gasteiger partial charge in [-0.1, -0.05) is 107 Å². The average molecular weight is 866 g/mol. The van der Waals surface area contributed by atoms with Crippen LogP contribution in [0.15, 0.2) is 6.20 Å². The maximum Gasteiger partial charge on any atom is 0.246 e. The van der Waals surface area contributed by atoms with Gasteiger partial charge in [0, 0.05) is 31.6 Å². The lowest BCUT2D eigenvalue weighted by Gasteiger charge is -2.39. The predicted molar refractivity (Wildman–Crippen MR) is 233 cm³/mol. The zero-order valence-corrected chi connectivity index (χ0v) is 37.0. The maximum absolute atomic E-state index is 12.3. The standard InChI is InChI=1S/C44H75N5O10S/c1-2-3-4-5-6-7-8-9-10-11-12-13-14-15-16-17-18-19-20-21-22-23-24-39(51)46-33-37-34-49(48-47-37)26-27-56-28-29-57-30-31-58-36-40(52)45-25-32-60-44-43(55)42(54)41(53)38(35-50)59-44/h34,38,41-44,50,53-55H,2-12,17-33,35-36H2,1H3,(H,45,52)(H,46,51)/t38-,41-,42+,43+,44-/m1/s1. The van der Waals surface area contributed by atoms with Crippen LogP contribution in [0.4, 0.5) is 0 Å². The number of aliphatic hydroxyl groups excluding tert-OH is 4. The Morgan fingerprint density at radius 3 is 1.97 bits per heavy atom. The summed E-state index contributed by atoms with van der Waals surface area (Å²) in [7, 11) is 0. The van der Waals surface area contributed by atoms with Gasteiger partial charge in [-0.05, 0) is 31.1 Å². The highest BCUT2D eigenvalue weighted by atomic mass is 32.2. The first kappa shape index (κ1) is 53.4. The summed E-state index contributed by atoms with van der Waals surface area (Å²) in [6, 6.07) is 0. The van der Waals surface area contributed by atoms with Crippen LogP contribution in [0.5, 0.6) is 0 Å². The van der Waals surface area contributed by atoms with Gasteiger partial charge in [-0.3, -0.25) is 9.59 Å². The number of aromatic nitrogens is 3. The lowest BCUT2D eigenvalue weighted by atomic mass is 10.0. The third-order valence-electron chi connectivity index (χ3n) is 9.90. The molecule has 1 saturated heterocycles. The second-order valence-electron chi connectivity index (χ2n) is 15.1. The number of thioether (sulfide) groups is 1. The first-order valence-electron chi connectivity index (χ1n) is 22.4. The van der Waals surface area contributed by atoms with Crippen LogP contribution < -0.4 is 10.6 Å². The summed E-state index contributed by atoms with van der Waals surface area (Å²) < 4.78 is 23.5. The van der Waals surface area contributed by atoms with E-state index in [0.29, 0.717) is 57.4 Å². The smallest absolute Gasteiger partial charge is 0.246 e. The van der Waals surface area contributed by atoms with Crippen molar-refractivity contribution >= 4 is 23.6 Å². The van der Waals surface area contributed by atoms with Gasteiger partial charge in [0.15, 0.2) is 0 Å². The van der Waals surface area contributed by atoms with Crippen LogP contribution in [-0.4, -0.2) is 136 Å².